The van der Waals surface area contributed by atoms with Gasteiger partial charge in [0.1, 0.15) is 17.9 Å². The predicted octanol–water partition coefficient (Wildman–Crippen LogP) is 3.15. The van der Waals surface area contributed by atoms with Crippen molar-refractivity contribution in [3.05, 3.63) is 53.5 Å². The van der Waals surface area contributed by atoms with Crippen molar-refractivity contribution in [2.75, 3.05) is 18.0 Å². The Bertz CT molecular complexity index is 893. The molecule has 2 atom stereocenters. The zero-order chi connectivity index (χ0) is 19.3. The van der Waals surface area contributed by atoms with Crippen molar-refractivity contribution in [1.29, 1.82) is 0 Å². The third kappa shape index (κ3) is 2.70. The van der Waals surface area contributed by atoms with Crippen molar-refractivity contribution in [1.82, 2.24) is 14.9 Å². The minimum atomic E-state index is -0.662. The molecule has 0 saturated carbocycles. The fourth-order valence-electron chi connectivity index (χ4n) is 4.97. The van der Waals surface area contributed by atoms with Crippen LogP contribution in [-0.4, -0.2) is 45.7 Å². The average Bonchev–Trinajstić information content (AvgIpc) is 3.24. The van der Waals surface area contributed by atoms with Crippen LogP contribution in [0.1, 0.15) is 48.7 Å². The summed E-state index contributed by atoms with van der Waals surface area (Å²) in [5.41, 5.74) is 1.62. The monoisotopic (exact) mass is 378 g/mol. The van der Waals surface area contributed by atoms with Crippen LogP contribution in [0.3, 0.4) is 0 Å². The zero-order valence-electron chi connectivity index (χ0n) is 16.5. The fourth-order valence-corrected chi connectivity index (χ4v) is 4.97. The van der Waals surface area contributed by atoms with Gasteiger partial charge in [-0.05, 0) is 32.3 Å². The molecule has 1 aromatic carbocycles. The quantitative estimate of drug-likeness (QED) is 0.803. The molecular weight excluding hydrogens is 352 g/mol. The molecule has 6 nitrogen and oxygen atoms in total. The molecule has 1 amide bonds. The highest BCUT2D eigenvalue weighted by Crippen LogP contribution is 2.47. The van der Waals surface area contributed by atoms with Crippen molar-refractivity contribution >= 4 is 11.7 Å². The van der Waals surface area contributed by atoms with Gasteiger partial charge in [-0.3, -0.25) is 4.79 Å². The first-order valence-corrected chi connectivity index (χ1v) is 10.2. The third-order valence-corrected chi connectivity index (χ3v) is 6.44. The molecule has 146 valence electrons. The second kappa shape index (κ2) is 6.55. The van der Waals surface area contributed by atoms with E-state index in [2.05, 4.69) is 27.0 Å². The Balaban J connectivity index is 1.34. The SMILES string of the molecule is Cc1ncc(C)c(N2CCC3(CC2)O[C@@H]2CC[C@@H](c4ccccc4)N2C3=O)n1. The number of piperidine rings is 1. The molecule has 1 aromatic heterocycles. The Morgan fingerprint density at radius 2 is 1.86 bits per heavy atom. The summed E-state index contributed by atoms with van der Waals surface area (Å²) in [5, 5.41) is 0. The van der Waals surface area contributed by atoms with Crippen LogP contribution in [0.5, 0.6) is 0 Å². The topological polar surface area (TPSA) is 58.6 Å². The Morgan fingerprint density at radius 3 is 2.61 bits per heavy atom. The van der Waals surface area contributed by atoms with Crippen molar-refractivity contribution in [2.45, 2.75) is 57.4 Å². The summed E-state index contributed by atoms with van der Waals surface area (Å²) < 4.78 is 6.43. The molecule has 28 heavy (non-hydrogen) atoms. The van der Waals surface area contributed by atoms with Crippen molar-refractivity contribution < 1.29 is 9.53 Å². The zero-order valence-corrected chi connectivity index (χ0v) is 16.5. The van der Waals surface area contributed by atoms with Crippen LogP contribution in [0.4, 0.5) is 5.82 Å². The maximum absolute atomic E-state index is 13.5. The fraction of sp³-hybridized carbons (Fsp3) is 0.500. The minimum absolute atomic E-state index is 0.0766. The van der Waals surface area contributed by atoms with Gasteiger partial charge < -0.3 is 14.5 Å². The molecule has 3 fully saturated rings. The van der Waals surface area contributed by atoms with Crippen LogP contribution >= 0.6 is 0 Å². The largest absolute Gasteiger partial charge is 0.356 e. The summed E-state index contributed by atoms with van der Waals surface area (Å²) in [6, 6.07) is 10.5. The molecule has 3 saturated heterocycles. The molecule has 3 aliphatic rings. The molecule has 0 unspecified atom stereocenters. The number of ether oxygens (including phenoxy) is 1. The first-order chi connectivity index (χ1) is 13.6. The van der Waals surface area contributed by atoms with E-state index < -0.39 is 5.60 Å². The first kappa shape index (κ1) is 17.6. The van der Waals surface area contributed by atoms with Crippen molar-refractivity contribution in [3.8, 4) is 0 Å². The summed E-state index contributed by atoms with van der Waals surface area (Å²) in [4.78, 5) is 26.6. The number of fused-ring (bicyclic) bond motifs is 1. The van der Waals surface area contributed by atoms with Crippen LogP contribution in [0, 0.1) is 13.8 Å². The summed E-state index contributed by atoms with van der Waals surface area (Å²) in [7, 11) is 0. The van der Waals surface area contributed by atoms with Crippen LogP contribution in [0.25, 0.3) is 0 Å². The highest BCUT2D eigenvalue weighted by molar-refractivity contribution is 5.88. The van der Waals surface area contributed by atoms with E-state index in [1.54, 1.807) is 0 Å². The molecule has 1 spiro atoms. The molecular formula is C22H26N4O2. The summed E-state index contributed by atoms with van der Waals surface area (Å²) in [6.07, 6.45) is 5.11. The Morgan fingerprint density at radius 1 is 1.11 bits per heavy atom. The van der Waals surface area contributed by atoms with Gasteiger partial charge in [0.2, 0.25) is 0 Å². The van der Waals surface area contributed by atoms with E-state index in [9.17, 15) is 4.79 Å². The van der Waals surface area contributed by atoms with E-state index in [1.807, 2.05) is 43.1 Å². The lowest BCUT2D eigenvalue weighted by molar-refractivity contribution is -0.140. The molecule has 6 heteroatoms. The van der Waals surface area contributed by atoms with Gasteiger partial charge in [-0.25, -0.2) is 9.97 Å². The van der Waals surface area contributed by atoms with Crippen molar-refractivity contribution in [3.63, 3.8) is 0 Å². The minimum Gasteiger partial charge on any atom is -0.356 e. The van der Waals surface area contributed by atoms with Crippen LogP contribution in [0.15, 0.2) is 36.5 Å². The third-order valence-electron chi connectivity index (χ3n) is 6.44. The Hall–Kier alpha value is -2.47. The molecule has 0 N–H and O–H groups in total. The lowest BCUT2D eigenvalue weighted by atomic mass is 9.89. The second-order valence-electron chi connectivity index (χ2n) is 8.19. The van der Waals surface area contributed by atoms with Crippen LogP contribution in [0.2, 0.25) is 0 Å². The van der Waals surface area contributed by atoms with E-state index in [0.29, 0.717) is 12.8 Å². The number of anilines is 1. The molecule has 0 bridgehead atoms. The van der Waals surface area contributed by atoms with E-state index in [4.69, 9.17) is 4.74 Å². The number of hydrogen-bond donors (Lipinski definition) is 0. The normalized spacial score (nSPS) is 26.1. The van der Waals surface area contributed by atoms with Gasteiger partial charge in [-0.15, -0.1) is 0 Å². The Labute approximate surface area is 165 Å². The van der Waals surface area contributed by atoms with Gasteiger partial charge in [-0.1, -0.05) is 30.3 Å². The van der Waals surface area contributed by atoms with Crippen LogP contribution in [-0.2, 0) is 9.53 Å². The van der Waals surface area contributed by atoms with E-state index in [0.717, 1.165) is 43.1 Å². The maximum Gasteiger partial charge on any atom is 0.257 e. The lowest BCUT2D eigenvalue weighted by Gasteiger charge is -2.38. The van der Waals surface area contributed by atoms with Gasteiger partial charge in [0.25, 0.3) is 5.91 Å². The number of amides is 1. The van der Waals surface area contributed by atoms with Gasteiger partial charge in [0.15, 0.2) is 5.60 Å². The molecule has 3 aliphatic heterocycles. The molecule has 4 heterocycles. The van der Waals surface area contributed by atoms with Gasteiger partial charge in [0, 0.05) is 37.7 Å². The standard InChI is InChI=1S/C22H26N4O2/c1-15-14-23-16(2)24-20(15)25-12-10-22(11-13-25)21(27)26-18(8-9-19(26)28-22)17-6-4-3-5-7-17/h3-7,14,18-19H,8-13H2,1-2H3/t18-,19+/m0/s1. The molecule has 0 radical (unpaired) electrons. The number of rotatable bonds is 2. The Kier molecular flexibility index (Phi) is 4.12. The number of aromatic nitrogens is 2. The summed E-state index contributed by atoms with van der Waals surface area (Å²) in [5.74, 6) is 1.94. The number of carbonyl (C=O) groups is 1. The van der Waals surface area contributed by atoms with Crippen molar-refractivity contribution in [2.24, 2.45) is 0 Å². The maximum atomic E-state index is 13.5. The number of carbonyl (C=O) groups excluding carboxylic acids is 1. The van der Waals surface area contributed by atoms with E-state index in [-0.39, 0.29) is 18.2 Å². The van der Waals surface area contributed by atoms with Gasteiger partial charge in [-0.2, -0.15) is 0 Å². The molecule has 0 aliphatic carbocycles. The van der Waals surface area contributed by atoms with Gasteiger partial charge >= 0.3 is 0 Å². The first-order valence-electron chi connectivity index (χ1n) is 10.2. The predicted molar refractivity (Wildman–Crippen MR) is 106 cm³/mol. The number of nitrogens with zero attached hydrogens (tertiary/aromatic N) is 4. The second-order valence-corrected chi connectivity index (χ2v) is 8.19. The van der Waals surface area contributed by atoms with E-state index >= 15 is 0 Å². The van der Waals surface area contributed by atoms with E-state index in [1.165, 1.54) is 5.56 Å². The molecule has 5 rings (SSSR count). The highest BCUT2D eigenvalue weighted by Gasteiger charge is 2.58. The molecule has 2 aromatic rings. The average molecular weight is 378 g/mol. The smallest absolute Gasteiger partial charge is 0.257 e. The highest BCUT2D eigenvalue weighted by atomic mass is 16.6. The van der Waals surface area contributed by atoms with Gasteiger partial charge in [0.05, 0.1) is 6.04 Å². The lowest BCUT2D eigenvalue weighted by Crippen LogP contribution is -2.50. The summed E-state index contributed by atoms with van der Waals surface area (Å²) >= 11 is 0. The van der Waals surface area contributed by atoms with Crippen LogP contribution < -0.4 is 4.90 Å². The number of hydrogen-bond acceptors (Lipinski definition) is 5. The summed E-state index contributed by atoms with van der Waals surface area (Å²) in [6.45, 7) is 5.51. The number of benzene rings is 1. The number of aryl methyl sites for hydroxylation is 2.